The maximum atomic E-state index is 12.9. The van der Waals surface area contributed by atoms with E-state index in [1.165, 1.54) is 0 Å². The second-order valence-corrected chi connectivity index (χ2v) is 6.36. The number of aromatic nitrogens is 3. The second kappa shape index (κ2) is 6.29. The van der Waals surface area contributed by atoms with Crippen LogP contribution < -0.4 is 0 Å². The largest absolute Gasteiger partial charge is 0.368 e. The van der Waals surface area contributed by atoms with Crippen LogP contribution in [0.1, 0.15) is 33.8 Å². The minimum atomic E-state index is -0.220. The Morgan fingerprint density at radius 1 is 1.24 bits per heavy atom. The summed E-state index contributed by atoms with van der Waals surface area (Å²) >= 11 is 0. The molecule has 0 bridgehead atoms. The number of fused-ring (bicyclic) bond motifs is 1. The first kappa shape index (κ1) is 15.8. The summed E-state index contributed by atoms with van der Waals surface area (Å²) < 4.78 is 5.85. The van der Waals surface area contributed by atoms with Crippen molar-refractivity contribution in [2.75, 3.05) is 19.7 Å². The maximum absolute atomic E-state index is 12.9. The van der Waals surface area contributed by atoms with Crippen molar-refractivity contribution in [2.24, 2.45) is 0 Å². The van der Waals surface area contributed by atoms with Gasteiger partial charge in [0, 0.05) is 23.1 Å². The summed E-state index contributed by atoms with van der Waals surface area (Å²) in [5.74, 6) is 0.713. The van der Waals surface area contributed by atoms with Crippen LogP contribution in [0.5, 0.6) is 0 Å². The van der Waals surface area contributed by atoms with Crippen molar-refractivity contribution in [3.05, 3.63) is 59.3 Å². The lowest BCUT2D eigenvalue weighted by atomic mass is 10.1. The van der Waals surface area contributed by atoms with Gasteiger partial charge >= 0.3 is 0 Å². The first-order valence-electron chi connectivity index (χ1n) is 8.41. The van der Waals surface area contributed by atoms with E-state index in [-0.39, 0.29) is 12.0 Å². The Labute approximate surface area is 145 Å². The molecule has 1 aromatic carbocycles. The highest BCUT2D eigenvalue weighted by molar-refractivity contribution is 5.98. The molecule has 4 rings (SSSR count). The molecule has 0 saturated carbocycles. The van der Waals surface area contributed by atoms with Crippen LogP contribution in [0.3, 0.4) is 0 Å². The van der Waals surface area contributed by atoms with Crippen molar-refractivity contribution >= 4 is 16.8 Å². The number of aryl methyl sites for hydroxylation is 2. The third kappa shape index (κ3) is 3.13. The zero-order valence-electron chi connectivity index (χ0n) is 14.3. The molecule has 6 heteroatoms. The van der Waals surface area contributed by atoms with Crippen LogP contribution >= 0.6 is 0 Å². The van der Waals surface area contributed by atoms with E-state index in [0.29, 0.717) is 25.4 Å². The van der Waals surface area contributed by atoms with Crippen LogP contribution in [0.15, 0.2) is 36.4 Å². The molecule has 1 aliphatic heterocycles. The molecule has 3 heterocycles. The van der Waals surface area contributed by atoms with Crippen molar-refractivity contribution in [3.63, 3.8) is 0 Å². The first-order valence-corrected chi connectivity index (χ1v) is 8.41. The van der Waals surface area contributed by atoms with Gasteiger partial charge in [0.15, 0.2) is 0 Å². The third-order valence-electron chi connectivity index (χ3n) is 4.43. The molecule has 2 aromatic heterocycles. The molecule has 1 fully saturated rings. The molecular formula is C19H20N4O2. The lowest BCUT2D eigenvalue weighted by molar-refractivity contribution is -0.0250. The van der Waals surface area contributed by atoms with Crippen molar-refractivity contribution in [2.45, 2.75) is 20.0 Å². The fraction of sp³-hybridized carbons (Fsp3) is 0.316. The molecule has 1 aliphatic rings. The Morgan fingerprint density at radius 2 is 2.08 bits per heavy atom. The van der Waals surface area contributed by atoms with Crippen molar-refractivity contribution < 1.29 is 9.53 Å². The number of benzene rings is 1. The molecule has 0 spiro atoms. The number of rotatable bonds is 2. The van der Waals surface area contributed by atoms with Gasteiger partial charge in [-0.1, -0.05) is 18.2 Å². The van der Waals surface area contributed by atoms with Gasteiger partial charge in [-0.25, -0.2) is 9.97 Å². The molecule has 0 radical (unpaired) electrons. The number of amides is 1. The van der Waals surface area contributed by atoms with Crippen molar-refractivity contribution in [1.29, 1.82) is 0 Å². The van der Waals surface area contributed by atoms with Gasteiger partial charge in [0.1, 0.15) is 17.6 Å². The maximum Gasteiger partial charge on any atom is 0.270 e. The van der Waals surface area contributed by atoms with Gasteiger partial charge in [-0.15, -0.1) is 0 Å². The number of carbonyl (C=O) groups excluding carboxylic acids is 1. The molecule has 1 amide bonds. The zero-order valence-corrected chi connectivity index (χ0v) is 14.3. The Balaban J connectivity index is 1.57. The van der Waals surface area contributed by atoms with Gasteiger partial charge in [-0.2, -0.15) is 0 Å². The Hall–Kier alpha value is -2.73. The Bertz CT molecular complexity index is 881. The van der Waals surface area contributed by atoms with Crippen LogP contribution in [-0.4, -0.2) is 45.5 Å². The van der Waals surface area contributed by atoms with Gasteiger partial charge in [0.25, 0.3) is 5.91 Å². The number of carbonyl (C=O) groups is 1. The summed E-state index contributed by atoms with van der Waals surface area (Å²) in [7, 11) is 0. The highest BCUT2D eigenvalue weighted by Gasteiger charge is 2.28. The summed E-state index contributed by atoms with van der Waals surface area (Å²) in [6.07, 6.45) is -0.220. The minimum absolute atomic E-state index is 0.00741. The number of hydrogen-bond donors (Lipinski definition) is 1. The van der Waals surface area contributed by atoms with Gasteiger partial charge in [0.05, 0.1) is 18.8 Å². The van der Waals surface area contributed by atoms with Crippen molar-refractivity contribution in [1.82, 2.24) is 19.9 Å². The SMILES string of the molecule is Cc1cc(C2CN(C(=O)c3cc4ccccc4[nH]3)CCO2)nc(C)n1. The average Bonchev–Trinajstić information content (AvgIpc) is 3.04. The van der Waals surface area contributed by atoms with E-state index in [9.17, 15) is 4.79 Å². The van der Waals surface area contributed by atoms with E-state index in [1.54, 1.807) is 0 Å². The second-order valence-electron chi connectivity index (χ2n) is 6.36. The van der Waals surface area contributed by atoms with Gasteiger partial charge in [-0.3, -0.25) is 4.79 Å². The van der Waals surface area contributed by atoms with E-state index in [2.05, 4.69) is 15.0 Å². The molecule has 0 aliphatic carbocycles. The first-order chi connectivity index (χ1) is 12.1. The molecule has 6 nitrogen and oxygen atoms in total. The van der Waals surface area contributed by atoms with E-state index < -0.39 is 0 Å². The summed E-state index contributed by atoms with van der Waals surface area (Å²) in [6, 6.07) is 11.7. The smallest absolute Gasteiger partial charge is 0.270 e. The van der Waals surface area contributed by atoms with Gasteiger partial charge in [0.2, 0.25) is 0 Å². The number of para-hydroxylation sites is 1. The predicted molar refractivity (Wildman–Crippen MR) is 94.4 cm³/mol. The lowest BCUT2D eigenvalue weighted by Crippen LogP contribution is -2.42. The number of ether oxygens (including phenoxy) is 1. The lowest BCUT2D eigenvalue weighted by Gasteiger charge is -2.32. The fourth-order valence-electron chi connectivity index (χ4n) is 3.28. The molecule has 25 heavy (non-hydrogen) atoms. The fourth-order valence-corrected chi connectivity index (χ4v) is 3.28. The van der Waals surface area contributed by atoms with Gasteiger partial charge in [-0.05, 0) is 32.0 Å². The monoisotopic (exact) mass is 336 g/mol. The number of hydrogen-bond acceptors (Lipinski definition) is 4. The number of nitrogens with one attached hydrogen (secondary N) is 1. The van der Waals surface area contributed by atoms with Crippen LogP contribution in [0.4, 0.5) is 0 Å². The van der Waals surface area contributed by atoms with E-state index in [0.717, 1.165) is 28.1 Å². The molecule has 1 N–H and O–H groups in total. The normalized spacial score (nSPS) is 17.8. The van der Waals surface area contributed by atoms with Gasteiger partial charge < -0.3 is 14.6 Å². The quantitative estimate of drug-likeness (QED) is 0.781. The van der Waals surface area contributed by atoms with E-state index >= 15 is 0 Å². The molecular weight excluding hydrogens is 316 g/mol. The van der Waals surface area contributed by atoms with Crippen LogP contribution in [-0.2, 0) is 4.74 Å². The Morgan fingerprint density at radius 3 is 2.88 bits per heavy atom. The minimum Gasteiger partial charge on any atom is -0.368 e. The highest BCUT2D eigenvalue weighted by atomic mass is 16.5. The predicted octanol–water partition coefficient (Wildman–Crippen LogP) is 2.79. The number of aromatic amines is 1. The molecule has 1 unspecified atom stereocenters. The van der Waals surface area contributed by atoms with Crippen molar-refractivity contribution in [3.8, 4) is 0 Å². The van der Waals surface area contributed by atoms with Crippen LogP contribution in [0.2, 0.25) is 0 Å². The summed E-state index contributed by atoms with van der Waals surface area (Å²) in [5.41, 5.74) is 3.32. The topological polar surface area (TPSA) is 71.1 Å². The number of nitrogens with zero attached hydrogens (tertiary/aromatic N) is 3. The Kier molecular flexibility index (Phi) is 3.97. The summed E-state index contributed by atoms with van der Waals surface area (Å²) in [5, 5.41) is 1.04. The summed E-state index contributed by atoms with van der Waals surface area (Å²) in [4.78, 5) is 26.7. The number of H-pyrrole nitrogens is 1. The molecule has 3 aromatic rings. The van der Waals surface area contributed by atoms with Crippen LogP contribution in [0.25, 0.3) is 10.9 Å². The summed E-state index contributed by atoms with van der Waals surface area (Å²) in [6.45, 7) is 5.37. The third-order valence-corrected chi connectivity index (χ3v) is 4.43. The van der Waals surface area contributed by atoms with E-state index in [1.807, 2.05) is 55.1 Å². The van der Waals surface area contributed by atoms with Crippen LogP contribution in [0, 0.1) is 13.8 Å². The highest BCUT2D eigenvalue weighted by Crippen LogP contribution is 2.23. The standard InChI is InChI=1S/C19H20N4O2/c1-12-9-16(21-13(2)20-12)18-11-23(7-8-25-18)19(24)17-10-14-5-3-4-6-15(14)22-17/h3-6,9-10,18,22H,7-8,11H2,1-2H3. The van der Waals surface area contributed by atoms with E-state index in [4.69, 9.17) is 4.74 Å². The molecule has 128 valence electrons. The number of morpholine rings is 1. The average molecular weight is 336 g/mol. The zero-order chi connectivity index (χ0) is 17.4. The molecule has 1 atom stereocenters. The molecule has 1 saturated heterocycles.